The Labute approximate surface area is 443 Å². The van der Waals surface area contributed by atoms with Crippen LogP contribution >= 0.6 is 0 Å². The van der Waals surface area contributed by atoms with Gasteiger partial charge in [-0.2, -0.15) is 0 Å². The molecule has 0 radical (unpaired) electrons. The van der Waals surface area contributed by atoms with Gasteiger partial charge in [0.2, 0.25) is 0 Å². The first-order valence-corrected chi connectivity index (χ1v) is 28.5. The summed E-state index contributed by atoms with van der Waals surface area (Å²) in [6, 6.07) is 0. The van der Waals surface area contributed by atoms with Crippen LogP contribution in [-0.2, 0) is 28.6 Å². The van der Waals surface area contributed by atoms with E-state index in [1.54, 1.807) is 0 Å². The van der Waals surface area contributed by atoms with Crippen molar-refractivity contribution in [3.63, 3.8) is 0 Å². The van der Waals surface area contributed by atoms with Gasteiger partial charge >= 0.3 is 69.3 Å². The number of esters is 3. The Morgan fingerprint density at radius 2 is 0.453 bits per heavy atom. The van der Waals surface area contributed by atoms with Crippen molar-refractivity contribution in [1.29, 1.82) is 0 Å². The molecule has 7 heteroatoms. The van der Waals surface area contributed by atoms with Crippen molar-refractivity contribution in [1.82, 2.24) is 0 Å². The summed E-state index contributed by atoms with van der Waals surface area (Å²) in [6.45, 7) is 6.71. The van der Waals surface area contributed by atoms with Crippen LogP contribution in [0.1, 0.15) is 330 Å². The zero-order chi connectivity index (χ0) is 45.8. The van der Waals surface area contributed by atoms with Gasteiger partial charge in [0.15, 0.2) is 6.10 Å². The number of hydrogen-bond donors (Lipinski definition) is 0. The van der Waals surface area contributed by atoms with Crippen molar-refractivity contribution in [3.05, 3.63) is 0 Å². The van der Waals surface area contributed by atoms with Crippen LogP contribution in [-0.4, -0.2) is 37.2 Å². The van der Waals surface area contributed by atoms with E-state index in [0.29, 0.717) is 19.3 Å². The molecule has 0 aromatic heterocycles. The van der Waals surface area contributed by atoms with E-state index >= 15 is 0 Å². The van der Waals surface area contributed by atoms with E-state index in [2.05, 4.69) is 20.8 Å². The molecule has 0 aliphatic carbocycles. The zero-order valence-corrected chi connectivity index (χ0v) is 47.0. The van der Waals surface area contributed by atoms with Gasteiger partial charge in [-0.15, -0.1) is 0 Å². The molecular weight excluding hydrogens is 820 g/mol. The van der Waals surface area contributed by atoms with Crippen LogP contribution in [0.2, 0.25) is 0 Å². The predicted molar refractivity (Wildman–Crippen MR) is 272 cm³/mol. The van der Waals surface area contributed by atoms with Gasteiger partial charge in [0.05, 0.1) is 0 Å². The Morgan fingerprint density at radius 3 is 0.656 bits per heavy atom. The average Bonchev–Trinajstić information content (AvgIpc) is 3.28. The van der Waals surface area contributed by atoms with Crippen LogP contribution in [0.5, 0.6) is 0 Å². The average molecular weight is 932 g/mol. The number of rotatable bonds is 53. The third-order valence-electron chi connectivity index (χ3n) is 13.1. The van der Waals surface area contributed by atoms with Gasteiger partial charge in [0, 0.05) is 19.3 Å². The second-order valence-electron chi connectivity index (χ2n) is 19.6. The Morgan fingerprint density at radius 1 is 0.281 bits per heavy atom. The van der Waals surface area contributed by atoms with Crippen LogP contribution in [0.4, 0.5) is 0 Å². The van der Waals surface area contributed by atoms with Gasteiger partial charge in [-0.1, -0.05) is 290 Å². The minimum absolute atomic E-state index is 0. The summed E-state index contributed by atoms with van der Waals surface area (Å²) >= 11 is 0. The van der Waals surface area contributed by atoms with Crippen molar-refractivity contribution in [2.75, 3.05) is 13.2 Å². The summed E-state index contributed by atoms with van der Waals surface area (Å²) < 4.78 is 16.9. The maximum Gasteiger partial charge on any atom is 1.00 e. The van der Waals surface area contributed by atoms with Crippen LogP contribution < -0.4 is 51.4 Å². The second-order valence-corrected chi connectivity index (χ2v) is 19.6. The van der Waals surface area contributed by atoms with Crippen molar-refractivity contribution in [2.45, 2.75) is 335 Å². The van der Waals surface area contributed by atoms with E-state index in [1.807, 2.05) is 0 Å². The molecule has 0 N–H and O–H groups in total. The van der Waals surface area contributed by atoms with Gasteiger partial charge in [0.25, 0.3) is 0 Å². The summed E-state index contributed by atoms with van der Waals surface area (Å²) in [5.74, 6) is -0.832. The molecule has 0 rings (SSSR count). The van der Waals surface area contributed by atoms with Crippen LogP contribution in [0, 0.1) is 0 Å². The van der Waals surface area contributed by atoms with Crippen LogP contribution in [0.25, 0.3) is 0 Å². The van der Waals surface area contributed by atoms with Crippen molar-refractivity contribution in [2.24, 2.45) is 0 Å². The molecule has 0 aromatic rings. The van der Waals surface area contributed by atoms with Gasteiger partial charge in [-0.3, -0.25) is 14.4 Å². The SMILES string of the molecule is CCCCCCCCCCCCCCCCCC(=O)OCC(COC(=O)CCCCCCCCCCCCCCCCC)OC(=O)CCCCCCCCCCCCCCCCC.[H-].[K+]. The Kier molecular flexibility index (Phi) is 59.3. The van der Waals surface area contributed by atoms with Crippen molar-refractivity contribution < 1.29 is 81.4 Å². The maximum atomic E-state index is 12.8. The molecule has 0 aromatic carbocycles. The van der Waals surface area contributed by atoms with E-state index in [4.69, 9.17) is 14.2 Å². The van der Waals surface area contributed by atoms with Crippen molar-refractivity contribution >= 4 is 17.9 Å². The number of unbranched alkanes of at least 4 members (excludes halogenated alkanes) is 42. The predicted octanol–water partition coefficient (Wildman–Crippen LogP) is 15.9. The van der Waals surface area contributed by atoms with Crippen LogP contribution in [0.3, 0.4) is 0 Å². The summed E-state index contributed by atoms with van der Waals surface area (Å²) in [6.07, 6.45) is 58.0. The molecule has 0 saturated carbocycles. The Bertz CT molecular complexity index is 900. The number of ether oxygens (including phenoxy) is 3. The van der Waals surface area contributed by atoms with Crippen LogP contribution in [0.15, 0.2) is 0 Å². The fourth-order valence-corrected chi connectivity index (χ4v) is 8.80. The number of carbonyl (C=O) groups excluding carboxylic acids is 3. The van der Waals surface area contributed by atoms with Gasteiger partial charge < -0.3 is 15.6 Å². The molecule has 0 aliphatic rings. The summed E-state index contributed by atoms with van der Waals surface area (Å²) in [5, 5.41) is 0. The van der Waals surface area contributed by atoms with E-state index in [-0.39, 0.29) is 83.9 Å². The summed E-state index contributed by atoms with van der Waals surface area (Å²) in [7, 11) is 0. The fraction of sp³-hybridized carbons (Fsp3) is 0.947. The molecule has 0 heterocycles. The van der Waals surface area contributed by atoms with E-state index in [0.717, 1.165) is 57.8 Å². The first kappa shape index (κ1) is 66.1. The Hall–Kier alpha value is 0.0464. The summed E-state index contributed by atoms with van der Waals surface area (Å²) in [5.41, 5.74) is 0. The molecular formula is C57H111KO6. The molecule has 376 valence electrons. The molecule has 64 heavy (non-hydrogen) atoms. The smallest absolute Gasteiger partial charge is 1.00 e. The second kappa shape index (κ2) is 57.4. The molecule has 0 spiro atoms. The molecule has 0 saturated heterocycles. The third-order valence-corrected chi connectivity index (χ3v) is 13.1. The molecule has 0 atom stereocenters. The third kappa shape index (κ3) is 54.6. The largest absolute Gasteiger partial charge is 1.00 e. The molecule has 0 fully saturated rings. The van der Waals surface area contributed by atoms with Gasteiger partial charge in [-0.05, 0) is 19.3 Å². The van der Waals surface area contributed by atoms with Crippen molar-refractivity contribution in [3.8, 4) is 0 Å². The maximum absolute atomic E-state index is 12.8. The standard InChI is InChI=1S/C57H110O6.K.H/c1-4-7-10-13-16-19-22-25-28-31-34-37-40-43-46-49-55(58)61-52-54(63-57(60)51-48-45-42-39-36-33-30-27-24-21-18-15-12-9-6-3)53-62-56(59)50-47-44-41-38-35-32-29-26-23-20-17-14-11-8-5-2;;/h54H,4-53H2,1-3H3;;/q;+1;-1. The van der Waals surface area contributed by atoms with E-state index in [9.17, 15) is 14.4 Å². The number of hydrogen-bond acceptors (Lipinski definition) is 6. The molecule has 0 bridgehead atoms. The first-order valence-electron chi connectivity index (χ1n) is 28.5. The molecule has 0 unspecified atom stereocenters. The normalized spacial score (nSPS) is 11.2. The number of carbonyl (C=O) groups is 3. The minimum Gasteiger partial charge on any atom is -1.00 e. The fourth-order valence-electron chi connectivity index (χ4n) is 8.80. The summed E-state index contributed by atoms with van der Waals surface area (Å²) in [4.78, 5) is 38.1. The zero-order valence-electron chi connectivity index (χ0n) is 44.9. The quantitative estimate of drug-likeness (QED) is 0.0262. The Balaban J connectivity index is -0.0000192. The molecule has 0 amide bonds. The van der Waals surface area contributed by atoms with Gasteiger partial charge in [-0.25, -0.2) is 0 Å². The van der Waals surface area contributed by atoms with E-state index < -0.39 is 6.10 Å². The molecule has 6 nitrogen and oxygen atoms in total. The molecule has 0 aliphatic heterocycles. The first-order chi connectivity index (χ1) is 31.0. The van der Waals surface area contributed by atoms with Gasteiger partial charge in [0.1, 0.15) is 13.2 Å². The monoisotopic (exact) mass is 931 g/mol. The minimum atomic E-state index is -0.760. The van der Waals surface area contributed by atoms with E-state index in [1.165, 1.54) is 231 Å². The topological polar surface area (TPSA) is 78.9 Å².